The van der Waals surface area contributed by atoms with E-state index < -0.39 is 0 Å². The van der Waals surface area contributed by atoms with Crippen LogP contribution >= 0.6 is 0 Å². The van der Waals surface area contributed by atoms with Gasteiger partial charge in [-0.15, -0.1) is 10.2 Å². The zero-order valence-electron chi connectivity index (χ0n) is 11.4. The number of carbonyl (C=O) groups is 1. The van der Waals surface area contributed by atoms with E-state index in [1.807, 2.05) is 25.1 Å². The van der Waals surface area contributed by atoms with Crippen molar-refractivity contribution >= 4 is 11.6 Å². The fourth-order valence-corrected chi connectivity index (χ4v) is 1.95. The molecule has 0 saturated carbocycles. The number of nitrogens with one attached hydrogen (secondary N) is 1. The number of rotatable bonds is 6. The van der Waals surface area contributed by atoms with E-state index in [9.17, 15) is 4.79 Å². The van der Waals surface area contributed by atoms with Gasteiger partial charge >= 0.3 is 0 Å². The second kappa shape index (κ2) is 6.81. The molecule has 20 heavy (non-hydrogen) atoms. The molecule has 0 radical (unpaired) electrons. The van der Waals surface area contributed by atoms with Gasteiger partial charge in [-0.2, -0.15) is 0 Å². The summed E-state index contributed by atoms with van der Waals surface area (Å²) >= 11 is 0. The molecule has 0 fully saturated rings. The highest BCUT2D eigenvalue weighted by Gasteiger charge is 2.10. The zero-order valence-corrected chi connectivity index (χ0v) is 11.4. The number of benzene rings is 1. The molecular formula is C14H18N4O2. The Morgan fingerprint density at radius 3 is 3.05 bits per heavy atom. The lowest BCUT2D eigenvalue weighted by atomic mass is 10.1. The number of aromatic nitrogens is 2. The number of amides is 1. The van der Waals surface area contributed by atoms with Crippen molar-refractivity contribution in [2.45, 2.75) is 32.2 Å². The minimum Gasteiger partial charge on any atom is -0.423 e. The fourth-order valence-electron chi connectivity index (χ4n) is 1.95. The van der Waals surface area contributed by atoms with Gasteiger partial charge in [-0.3, -0.25) is 4.79 Å². The van der Waals surface area contributed by atoms with E-state index >= 15 is 0 Å². The molecule has 2 aromatic rings. The lowest BCUT2D eigenvalue weighted by Gasteiger charge is -2.10. The van der Waals surface area contributed by atoms with E-state index in [1.54, 1.807) is 6.07 Å². The van der Waals surface area contributed by atoms with Gasteiger partial charge in [0.05, 0.1) is 0 Å². The summed E-state index contributed by atoms with van der Waals surface area (Å²) in [6.07, 6.45) is 3.40. The molecule has 1 unspecified atom stereocenters. The average molecular weight is 274 g/mol. The van der Waals surface area contributed by atoms with E-state index in [2.05, 4.69) is 15.5 Å². The van der Waals surface area contributed by atoms with Gasteiger partial charge in [0.2, 0.25) is 18.2 Å². The largest absolute Gasteiger partial charge is 0.423 e. The summed E-state index contributed by atoms with van der Waals surface area (Å²) in [5.74, 6) is 0.331. The zero-order chi connectivity index (χ0) is 14.4. The maximum absolute atomic E-state index is 11.9. The SMILES string of the molecule is CCCC(N)CC(=O)Nc1cccc(-c2nnco2)c1. The van der Waals surface area contributed by atoms with Crippen LogP contribution in [0.5, 0.6) is 0 Å². The van der Waals surface area contributed by atoms with Crippen LogP contribution in [-0.4, -0.2) is 22.1 Å². The van der Waals surface area contributed by atoms with Crippen LogP contribution in [0.4, 0.5) is 5.69 Å². The highest BCUT2D eigenvalue weighted by molar-refractivity contribution is 5.91. The van der Waals surface area contributed by atoms with E-state index in [0.717, 1.165) is 18.4 Å². The molecular weight excluding hydrogens is 256 g/mol. The van der Waals surface area contributed by atoms with Gasteiger partial charge < -0.3 is 15.5 Å². The molecule has 1 aromatic carbocycles. The Morgan fingerprint density at radius 2 is 2.35 bits per heavy atom. The number of hydrogen-bond donors (Lipinski definition) is 2. The molecule has 0 aliphatic rings. The van der Waals surface area contributed by atoms with Crippen LogP contribution in [0.2, 0.25) is 0 Å². The normalized spacial score (nSPS) is 12.1. The molecule has 2 rings (SSSR count). The average Bonchev–Trinajstić information content (AvgIpc) is 2.92. The third-order valence-corrected chi connectivity index (χ3v) is 2.86. The second-order valence-electron chi connectivity index (χ2n) is 4.63. The maximum atomic E-state index is 11.9. The standard InChI is InChI=1S/C14H18N4O2/c1-2-4-11(15)8-13(19)17-12-6-3-5-10(7-12)14-18-16-9-20-14/h3,5-7,9,11H,2,4,8,15H2,1H3,(H,17,19). The summed E-state index contributed by atoms with van der Waals surface area (Å²) in [7, 11) is 0. The molecule has 1 amide bonds. The lowest BCUT2D eigenvalue weighted by molar-refractivity contribution is -0.116. The molecule has 0 aliphatic carbocycles. The Balaban J connectivity index is 1.99. The number of hydrogen-bond acceptors (Lipinski definition) is 5. The van der Waals surface area contributed by atoms with E-state index in [-0.39, 0.29) is 11.9 Å². The Morgan fingerprint density at radius 1 is 1.50 bits per heavy atom. The van der Waals surface area contributed by atoms with E-state index in [4.69, 9.17) is 10.2 Å². The van der Waals surface area contributed by atoms with Gasteiger partial charge in [0.1, 0.15) is 0 Å². The van der Waals surface area contributed by atoms with Gasteiger partial charge in [-0.05, 0) is 24.6 Å². The predicted octanol–water partition coefficient (Wildman–Crippen LogP) is 2.19. The first kappa shape index (κ1) is 14.2. The Hall–Kier alpha value is -2.21. The van der Waals surface area contributed by atoms with E-state index in [0.29, 0.717) is 18.0 Å². The summed E-state index contributed by atoms with van der Waals surface area (Å²) in [5.41, 5.74) is 7.30. The van der Waals surface area contributed by atoms with E-state index in [1.165, 1.54) is 6.39 Å². The molecule has 1 atom stereocenters. The first-order valence-electron chi connectivity index (χ1n) is 6.61. The van der Waals surface area contributed by atoms with Crippen LogP contribution in [0.25, 0.3) is 11.5 Å². The highest BCUT2D eigenvalue weighted by Crippen LogP contribution is 2.20. The highest BCUT2D eigenvalue weighted by atomic mass is 16.4. The molecule has 1 aromatic heterocycles. The van der Waals surface area contributed by atoms with Gasteiger partial charge in [0.15, 0.2) is 0 Å². The Kier molecular flexibility index (Phi) is 4.84. The van der Waals surface area contributed by atoms with Crippen molar-refractivity contribution in [3.8, 4) is 11.5 Å². The molecule has 0 bridgehead atoms. The predicted molar refractivity (Wildman–Crippen MR) is 75.9 cm³/mol. The van der Waals surface area contributed by atoms with Gasteiger partial charge in [0.25, 0.3) is 0 Å². The molecule has 0 spiro atoms. The van der Waals surface area contributed by atoms with Crippen LogP contribution in [-0.2, 0) is 4.79 Å². The van der Waals surface area contributed by atoms with Crippen molar-refractivity contribution in [1.82, 2.24) is 10.2 Å². The van der Waals surface area contributed by atoms with Crippen molar-refractivity contribution in [1.29, 1.82) is 0 Å². The van der Waals surface area contributed by atoms with Crippen LogP contribution in [0.3, 0.4) is 0 Å². The minimum absolute atomic E-state index is 0.0892. The lowest BCUT2D eigenvalue weighted by Crippen LogP contribution is -2.26. The van der Waals surface area contributed by atoms with Gasteiger partial charge in [-0.1, -0.05) is 19.4 Å². The van der Waals surface area contributed by atoms with Crippen LogP contribution in [0.1, 0.15) is 26.2 Å². The first-order chi connectivity index (χ1) is 9.69. The van der Waals surface area contributed by atoms with Crippen LogP contribution < -0.4 is 11.1 Å². The summed E-state index contributed by atoms with van der Waals surface area (Å²) in [6.45, 7) is 2.05. The topological polar surface area (TPSA) is 94.0 Å². The smallest absolute Gasteiger partial charge is 0.247 e. The summed E-state index contributed by atoms with van der Waals surface area (Å²) in [5, 5.41) is 10.3. The van der Waals surface area contributed by atoms with Crippen LogP contribution in [0, 0.1) is 0 Å². The number of anilines is 1. The van der Waals surface area contributed by atoms with Crippen molar-refractivity contribution in [3.05, 3.63) is 30.7 Å². The molecule has 1 heterocycles. The van der Waals surface area contributed by atoms with Crippen LogP contribution in [0.15, 0.2) is 35.1 Å². The minimum atomic E-state index is -0.0980. The Labute approximate surface area is 117 Å². The summed E-state index contributed by atoms with van der Waals surface area (Å²) in [6, 6.07) is 7.16. The number of nitrogens with zero attached hydrogens (tertiary/aromatic N) is 2. The molecule has 0 aliphatic heterocycles. The quantitative estimate of drug-likeness (QED) is 0.842. The van der Waals surface area contributed by atoms with Crippen molar-refractivity contribution in [2.75, 3.05) is 5.32 Å². The van der Waals surface area contributed by atoms with Gasteiger partial charge in [-0.25, -0.2) is 0 Å². The first-order valence-corrected chi connectivity index (χ1v) is 6.61. The van der Waals surface area contributed by atoms with Crippen molar-refractivity contribution in [3.63, 3.8) is 0 Å². The van der Waals surface area contributed by atoms with Crippen molar-refractivity contribution < 1.29 is 9.21 Å². The second-order valence-corrected chi connectivity index (χ2v) is 4.63. The third kappa shape index (κ3) is 3.89. The maximum Gasteiger partial charge on any atom is 0.247 e. The number of carbonyl (C=O) groups excluding carboxylic acids is 1. The van der Waals surface area contributed by atoms with Gasteiger partial charge in [0, 0.05) is 23.7 Å². The third-order valence-electron chi connectivity index (χ3n) is 2.86. The molecule has 3 N–H and O–H groups in total. The fraction of sp³-hybridized carbons (Fsp3) is 0.357. The summed E-state index contributed by atoms with van der Waals surface area (Å²) < 4.78 is 5.12. The molecule has 6 heteroatoms. The monoisotopic (exact) mass is 274 g/mol. The Bertz CT molecular complexity index is 554. The number of nitrogens with two attached hydrogens (primary N) is 1. The molecule has 0 saturated heterocycles. The van der Waals surface area contributed by atoms with Crippen molar-refractivity contribution in [2.24, 2.45) is 5.73 Å². The molecule has 106 valence electrons. The summed E-state index contributed by atoms with van der Waals surface area (Å²) in [4.78, 5) is 11.9. The molecule has 6 nitrogen and oxygen atoms in total.